The van der Waals surface area contributed by atoms with Crippen LogP contribution in [0.15, 0.2) is 36.5 Å². The van der Waals surface area contributed by atoms with Crippen LogP contribution in [0, 0.1) is 0 Å². The van der Waals surface area contributed by atoms with E-state index in [9.17, 15) is 13.6 Å². The van der Waals surface area contributed by atoms with E-state index in [4.69, 9.17) is 17.3 Å². The van der Waals surface area contributed by atoms with Gasteiger partial charge < -0.3 is 5.73 Å². The van der Waals surface area contributed by atoms with Crippen LogP contribution in [0.4, 0.5) is 14.6 Å². The Morgan fingerprint density at radius 3 is 2.90 bits per heavy atom. The lowest BCUT2D eigenvalue weighted by Crippen LogP contribution is -2.24. The number of halogens is 3. The lowest BCUT2D eigenvalue weighted by molar-refractivity contribution is 0.0116. The smallest absolute Gasteiger partial charge is 0.261 e. The number of aromatic nitrogens is 1. The molecule has 8 heteroatoms. The largest absolute Gasteiger partial charge is 0.383 e. The fourth-order valence-corrected chi connectivity index (χ4v) is 5.00. The molecular weight excluding hydrogens is 416 g/mol. The van der Waals surface area contributed by atoms with Gasteiger partial charge in [-0.05, 0) is 29.5 Å². The average Bonchev–Trinajstić information content (AvgIpc) is 3.22. The van der Waals surface area contributed by atoms with E-state index >= 15 is 0 Å². The van der Waals surface area contributed by atoms with Gasteiger partial charge in [-0.15, -0.1) is 11.3 Å². The number of hydrogen-bond donors (Lipinski definition) is 1. The summed E-state index contributed by atoms with van der Waals surface area (Å²) in [5, 5.41) is 2.36. The van der Waals surface area contributed by atoms with Crippen molar-refractivity contribution in [2.75, 3.05) is 18.8 Å². The summed E-state index contributed by atoms with van der Waals surface area (Å²) in [6.07, 6.45) is 2.48. The number of nitrogens with zero attached hydrogens (tertiary/aromatic N) is 2. The van der Waals surface area contributed by atoms with Crippen molar-refractivity contribution in [3.05, 3.63) is 56.9 Å². The number of pyridine rings is 1. The average molecular weight is 436 g/mol. The van der Waals surface area contributed by atoms with Gasteiger partial charge in [-0.2, -0.15) is 0 Å². The monoisotopic (exact) mass is 435 g/mol. The number of likely N-dealkylation sites (tertiary alicyclic amines) is 1. The van der Waals surface area contributed by atoms with Gasteiger partial charge in [-0.25, -0.2) is 13.8 Å². The SMILES string of the molecule is Nc1nccc2cc(CCC(=O)c3cc(Cl)c(CN4CCC(F)(F)C4)s3)ccc12. The van der Waals surface area contributed by atoms with Crippen LogP contribution in [0.3, 0.4) is 0 Å². The Labute approximate surface area is 176 Å². The molecule has 3 heterocycles. The number of rotatable bonds is 6. The number of carbonyl (C=O) groups excluding carboxylic acids is 1. The van der Waals surface area contributed by atoms with Crippen LogP contribution in [0.1, 0.15) is 33.0 Å². The molecule has 0 aliphatic carbocycles. The Kier molecular flexibility index (Phi) is 5.55. The van der Waals surface area contributed by atoms with E-state index in [1.54, 1.807) is 17.2 Å². The zero-order valence-corrected chi connectivity index (χ0v) is 17.2. The number of carbonyl (C=O) groups is 1. The van der Waals surface area contributed by atoms with Crippen LogP contribution in [0.2, 0.25) is 5.02 Å². The molecule has 1 aromatic carbocycles. The van der Waals surface area contributed by atoms with Gasteiger partial charge in [0.05, 0.1) is 16.4 Å². The van der Waals surface area contributed by atoms with E-state index in [0.717, 1.165) is 21.2 Å². The van der Waals surface area contributed by atoms with Crippen molar-refractivity contribution in [1.29, 1.82) is 0 Å². The third kappa shape index (κ3) is 4.57. The van der Waals surface area contributed by atoms with Gasteiger partial charge in [0, 0.05) is 42.4 Å². The normalized spacial score (nSPS) is 16.5. The van der Waals surface area contributed by atoms with Crippen molar-refractivity contribution in [2.45, 2.75) is 31.7 Å². The number of alkyl halides is 2. The Balaban J connectivity index is 1.40. The number of thiophene rings is 1. The summed E-state index contributed by atoms with van der Waals surface area (Å²) in [5.74, 6) is -2.14. The standard InChI is InChI=1S/C21H20ClF2N3OS/c22-16-10-18(29-19(16)11-27-8-6-21(23,24)12-27)17(28)4-2-13-1-3-15-14(9-13)5-7-26-20(15)25/h1,3,5,7,9-10H,2,4,6,8,11-12H2,(H2,25,26). The highest BCUT2D eigenvalue weighted by atomic mass is 35.5. The third-order valence-electron chi connectivity index (χ3n) is 5.15. The molecule has 2 aromatic heterocycles. The zero-order valence-electron chi connectivity index (χ0n) is 15.6. The van der Waals surface area contributed by atoms with E-state index in [2.05, 4.69) is 4.98 Å². The quantitative estimate of drug-likeness (QED) is 0.541. The van der Waals surface area contributed by atoms with Crippen LogP contribution in [-0.2, 0) is 13.0 Å². The molecule has 4 nitrogen and oxygen atoms in total. The molecule has 4 rings (SSSR count). The summed E-state index contributed by atoms with van der Waals surface area (Å²) in [6, 6.07) is 9.44. The first-order chi connectivity index (χ1) is 13.8. The minimum absolute atomic E-state index is 0.00393. The van der Waals surface area contributed by atoms with Crippen molar-refractivity contribution in [3.63, 3.8) is 0 Å². The third-order valence-corrected chi connectivity index (χ3v) is 6.76. The Bertz CT molecular complexity index is 1070. The van der Waals surface area contributed by atoms with Gasteiger partial charge in [-0.1, -0.05) is 29.8 Å². The molecule has 0 atom stereocenters. The Morgan fingerprint density at radius 1 is 1.31 bits per heavy atom. The van der Waals surface area contributed by atoms with Crippen molar-refractivity contribution < 1.29 is 13.6 Å². The molecule has 0 amide bonds. The number of anilines is 1. The van der Waals surface area contributed by atoms with Gasteiger partial charge in [0.25, 0.3) is 5.92 Å². The summed E-state index contributed by atoms with van der Waals surface area (Å²) in [6.45, 7) is 0.436. The van der Waals surface area contributed by atoms with Gasteiger partial charge in [0.2, 0.25) is 0 Å². The zero-order chi connectivity index (χ0) is 20.6. The highest BCUT2D eigenvalue weighted by Gasteiger charge is 2.38. The minimum atomic E-state index is -2.64. The summed E-state index contributed by atoms with van der Waals surface area (Å²) < 4.78 is 26.8. The highest BCUT2D eigenvalue weighted by molar-refractivity contribution is 7.14. The number of nitrogen functional groups attached to an aromatic ring is 1. The van der Waals surface area contributed by atoms with Crippen molar-refractivity contribution in [1.82, 2.24) is 9.88 Å². The molecule has 0 saturated carbocycles. The molecule has 3 aromatic rings. The first kappa shape index (κ1) is 20.2. The van der Waals surface area contributed by atoms with E-state index in [1.165, 1.54) is 11.3 Å². The van der Waals surface area contributed by atoms with Gasteiger partial charge in [0.1, 0.15) is 5.82 Å². The van der Waals surface area contributed by atoms with Crippen molar-refractivity contribution in [3.8, 4) is 0 Å². The van der Waals surface area contributed by atoms with Crippen molar-refractivity contribution >= 4 is 45.3 Å². The molecule has 0 spiro atoms. The topological polar surface area (TPSA) is 59.2 Å². The van der Waals surface area contributed by atoms with E-state index < -0.39 is 5.92 Å². The molecule has 0 radical (unpaired) electrons. The van der Waals surface area contributed by atoms with E-state index in [1.807, 2.05) is 24.3 Å². The molecule has 0 unspecified atom stereocenters. The van der Waals surface area contributed by atoms with Crippen LogP contribution < -0.4 is 5.73 Å². The number of ketones is 1. The van der Waals surface area contributed by atoms with Gasteiger partial charge in [-0.3, -0.25) is 9.69 Å². The van der Waals surface area contributed by atoms with E-state index in [0.29, 0.717) is 41.6 Å². The number of benzene rings is 1. The minimum Gasteiger partial charge on any atom is -0.383 e. The maximum atomic E-state index is 13.4. The molecule has 1 saturated heterocycles. The Hall–Kier alpha value is -2.09. The predicted octanol–water partition coefficient (Wildman–Crippen LogP) is 5.19. The number of hydrogen-bond acceptors (Lipinski definition) is 5. The predicted molar refractivity (Wildman–Crippen MR) is 113 cm³/mol. The number of aryl methyl sites for hydroxylation is 1. The van der Waals surface area contributed by atoms with Crippen LogP contribution in [0.25, 0.3) is 10.8 Å². The van der Waals surface area contributed by atoms with Crippen LogP contribution in [-0.4, -0.2) is 34.7 Å². The molecule has 1 aliphatic rings. The fraction of sp³-hybridized carbons (Fsp3) is 0.333. The maximum Gasteiger partial charge on any atom is 0.261 e. The fourth-order valence-electron chi connectivity index (χ4n) is 3.58. The van der Waals surface area contributed by atoms with Crippen LogP contribution in [0.5, 0.6) is 0 Å². The highest BCUT2D eigenvalue weighted by Crippen LogP contribution is 2.33. The lowest BCUT2D eigenvalue weighted by atomic mass is 10.0. The maximum absolute atomic E-state index is 13.4. The molecule has 0 bridgehead atoms. The molecule has 152 valence electrons. The first-order valence-electron chi connectivity index (χ1n) is 9.35. The molecular formula is C21H20ClF2N3OS. The second kappa shape index (κ2) is 7.97. The molecule has 2 N–H and O–H groups in total. The van der Waals surface area contributed by atoms with E-state index in [-0.39, 0.29) is 18.7 Å². The number of nitrogens with two attached hydrogens (primary N) is 1. The molecule has 29 heavy (non-hydrogen) atoms. The summed E-state index contributed by atoms with van der Waals surface area (Å²) in [4.78, 5) is 19.7. The summed E-state index contributed by atoms with van der Waals surface area (Å²) >= 11 is 7.56. The second-order valence-electron chi connectivity index (χ2n) is 7.37. The number of fused-ring (bicyclic) bond motifs is 1. The summed E-state index contributed by atoms with van der Waals surface area (Å²) in [5.41, 5.74) is 6.91. The first-order valence-corrected chi connectivity index (χ1v) is 10.5. The van der Waals surface area contributed by atoms with Gasteiger partial charge in [0.15, 0.2) is 5.78 Å². The Morgan fingerprint density at radius 2 is 2.14 bits per heavy atom. The molecule has 1 aliphatic heterocycles. The second-order valence-corrected chi connectivity index (χ2v) is 8.92. The summed E-state index contributed by atoms with van der Waals surface area (Å²) in [7, 11) is 0. The van der Waals surface area contributed by atoms with Crippen LogP contribution >= 0.6 is 22.9 Å². The lowest BCUT2D eigenvalue weighted by Gasteiger charge is -2.14. The number of Topliss-reactive ketones (excluding diaryl/α,β-unsaturated/α-hetero) is 1. The molecule has 1 fully saturated rings. The van der Waals surface area contributed by atoms with Crippen molar-refractivity contribution in [2.24, 2.45) is 0 Å². The van der Waals surface area contributed by atoms with Gasteiger partial charge >= 0.3 is 0 Å².